The molecule has 2 nitrogen and oxygen atoms in total. The maximum absolute atomic E-state index is 10.0. The first kappa shape index (κ1) is 9.92. The molecule has 0 amide bonds. The summed E-state index contributed by atoms with van der Waals surface area (Å²) in [6.07, 6.45) is 3.60. The minimum atomic E-state index is -1.62. The fourth-order valence-corrected chi connectivity index (χ4v) is 0.815. The molecule has 0 aromatic carbocycles. The molecule has 0 aliphatic rings. The van der Waals surface area contributed by atoms with E-state index in [-0.39, 0.29) is 0 Å². The number of hydrogen-bond donors (Lipinski definition) is 1. The zero-order chi connectivity index (χ0) is 8.04. The van der Waals surface area contributed by atoms with Crippen molar-refractivity contribution in [3.63, 3.8) is 0 Å². The lowest BCUT2D eigenvalue weighted by Crippen LogP contribution is -2.21. The number of alkyl halides is 1. The summed E-state index contributed by atoms with van der Waals surface area (Å²) in [5.74, 6) is 0. The van der Waals surface area contributed by atoms with Gasteiger partial charge in [0, 0.05) is 0 Å². The maximum Gasteiger partial charge on any atom is 0.194 e. The van der Waals surface area contributed by atoms with Crippen LogP contribution in [0.15, 0.2) is 0 Å². The second kappa shape index (κ2) is 4.69. The molecule has 0 fully saturated rings. The predicted molar refractivity (Wildman–Crippen MR) is 41.0 cm³/mol. The molecule has 1 unspecified atom stereocenters. The topological polar surface area (TPSA) is 37.3 Å². The van der Waals surface area contributed by atoms with Crippen LogP contribution in [0.4, 0.5) is 0 Å². The molecule has 3 heteroatoms. The van der Waals surface area contributed by atoms with E-state index in [1.807, 2.05) is 6.92 Å². The van der Waals surface area contributed by atoms with E-state index in [0.29, 0.717) is 12.7 Å². The van der Waals surface area contributed by atoms with Gasteiger partial charge in [0.05, 0.1) is 0 Å². The first-order valence-corrected chi connectivity index (χ1v) is 3.88. The van der Waals surface area contributed by atoms with Crippen LogP contribution in [0.5, 0.6) is 0 Å². The molecular formula is C7H13ClO2. The Balaban J connectivity index is 3.37. The third-order valence-corrected chi connectivity index (χ3v) is 1.59. The smallest absolute Gasteiger partial charge is 0.194 e. The van der Waals surface area contributed by atoms with Gasteiger partial charge in [0.1, 0.15) is 0 Å². The van der Waals surface area contributed by atoms with E-state index in [1.54, 1.807) is 0 Å². The number of aldehydes is 1. The molecule has 0 radical (unpaired) electrons. The average molecular weight is 165 g/mol. The first-order valence-electron chi connectivity index (χ1n) is 3.50. The largest absolute Gasteiger partial charge is 0.369 e. The number of carbonyl (C=O) groups is 1. The highest BCUT2D eigenvalue weighted by Gasteiger charge is 2.20. The van der Waals surface area contributed by atoms with Crippen LogP contribution in [-0.2, 0) is 4.79 Å². The Morgan fingerprint density at radius 1 is 1.60 bits per heavy atom. The third-order valence-electron chi connectivity index (χ3n) is 1.31. The Labute approximate surface area is 66.2 Å². The van der Waals surface area contributed by atoms with Gasteiger partial charge in [-0.2, -0.15) is 0 Å². The molecule has 0 rings (SSSR count). The highest BCUT2D eigenvalue weighted by atomic mass is 35.5. The SMILES string of the molecule is CCCCCC(O)(Cl)C=O. The molecule has 0 spiro atoms. The van der Waals surface area contributed by atoms with Crippen LogP contribution >= 0.6 is 11.6 Å². The molecule has 10 heavy (non-hydrogen) atoms. The Kier molecular flexibility index (Phi) is 4.65. The molecule has 60 valence electrons. The van der Waals surface area contributed by atoms with Gasteiger partial charge in [0.15, 0.2) is 11.3 Å². The third kappa shape index (κ3) is 4.77. The Morgan fingerprint density at radius 3 is 2.60 bits per heavy atom. The summed E-state index contributed by atoms with van der Waals surface area (Å²) in [5.41, 5.74) is 0. The molecule has 0 heterocycles. The molecule has 0 saturated heterocycles. The molecule has 1 N–H and O–H groups in total. The summed E-state index contributed by atoms with van der Waals surface area (Å²) in [7, 11) is 0. The van der Waals surface area contributed by atoms with Gasteiger partial charge < -0.3 is 5.11 Å². The quantitative estimate of drug-likeness (QED) is 0.382. The molecule has 0 aromatic heterocycles. The van der Waals surface area contributed by atoms with E-state index in [1.165, 1.54) is 0 Å². The fraction of sp³-hybridized carbons (Fsp3) is 0.857. The van der Waals surface area contributed by atoms with Crippen LogP contribution in [0, 0.1) is 0 Å². The van der Waals surface area contributed by atoms with Crippen molar-refractivity contribution in [1.82, 2.24) is 0 Å². The van der Waals surface area contributed by atoms with E-state index >= 15 is 0 Å². The van der Waals surface area contributed by atoms with Crippen LogP contribution in [0.2, 0.25) is 0 Å². The minimum absolute atomic E-state index is 0.353. The van der Waals surface area contributed by atoms with Crippen molar-refractivity contribution in [2.24, 2.45) is 0 Å². The van der Waals surface area contributed by atoms with Gasteiger partial charge in [0.2, 0.25) is 0 Å². The number of halogens is 1. The molecule has 0 aromatic rings. The molecule has 0 aliphatic heterocycles. The molecule has 0 saturated carbocycles. The summed E-state index contributed by atoms with van der Waals surface area (Å²) >= 11 is 5.34. The number of unbranched alkanes of at least 4 members (excludes halogenated alkanes) is 2. The van der Waals surface area contributed by atoms with Crippen molar-refractivity contribution in [3.8, 4) is 0 Å². The van der Waals surface area contributed by atoms with Crippen LogP contribution < -0.4 is 0 Å². The highest BCUT2D eigenvalue weighted by Crippen LogP contribution is 2.16. The first-order chi connectivity index (χ1) is 4.62. The van der Waals surface area contributed by atoms with Gasteiger partial charge in [-0.1, -0.05) is 31.4 Å². The van der Waals surface area contributed by atoms with Crippen LogP contribution in [0.3, 0.4) is 0 Å². The van der Waals surface area contributed by atoms with Gasteiger partial charge in [-0.15, -0.1) is 0 Å². The lowest BCUT2D eigenvalue weighted by Gasteiger charge is -2.11. The second-order valence-electron chi connectivity index (χ2n) is 2.39. The average Bonchev–Trinajstić information content (AvgIpc) is 1.89. The standard InChI is InChI=1S/C7H13ClO2/c1-2-3-4-5-7(8,10)6-9/h6,10H,2-5H2,1H3. The zero-order valence-electron chi connectivity index (χ0n) is 6.14. The number of carbonyl (C=O) groups excluding carboxylic acids is 1. The molecule has 1 atom stereocenters. The fourth-order valence-electron chi connectivity index (χ4n) is 0.682. The summed E-state index contributed by atoms with van der Waals surface area (Å²) in [6, 6.07) is 0. The number of aliphatic hydroxyl groups is 1. The number of hydrogen-bond acceptors (Lipinski definition) is 2. The minimum Gasteiger partial charge on any atom is -0.369 e. The molecule has 0 aliphatic carbocycles. The van der Waals surface area contributed by atoms with Gasteiger partial charge >= 0.3 is 0 Å². The Morgan fingerprint density at radius 2 is 2.20 bits per heavy atom. The van der Waals surface area contributed by atoms with E-state index in [4.69, 9.17) is 16.7 Å². The summed E-state index contributed by atoms with van der Waals surface area (Å²) < 4.78 is 0. The van der Waals surface area contributed by atoms with E-state index < -0.39 is 5.06 Å². The van der Waals surface area contributed by atoms with E-state index in [9.17, 15) is 4.79 Å². The van der Waals surface area contributed by atoms with Crippen LogP contribution in [0.25, 0.3) is 0 Å². The zero-order valence-corrected chi connectivity index (χ0v) is 6.90. The van der Waals surface area contributed by atoms with Crippen molar-refractivity contribution < 1.29 is 9.90 Å². The second-order valence-corrected chi connectivity index (χ2v) is 3.05. The highest BCUT2D eigenvalue weighted by molar-refractivity contribution is 6.30. The maximum atomic E-state index is 10.0. The van der Waals surface area contributed by atoms with Gasteiger partial charge in [-0.3, -0.25) is 4.79 Å². The predicted octanol–water partition coefficient (Wildman–Crippen LogP) is 1.69. The van der Waals surface area contributed by atoms with E-state index in [2.05, 4.69) is 0 Å². The van der Waals surface area contributed by atoms with Gasteiger partial charge in [-0.25, -0.2) is 0 Å². The van der Waals surface area contributed by atoms with Crippen molar-refractivity contribution in [1.29, 1.82) is 0 Å². The van der Waals surface area contributed by atoms with Crippen molar-refractivity contribution in [2.45, 2.75) is 37.7 Å². The van der Waals surface area contributed by atoms with Crippen LogP contribution in [0.1, 0.15) is 32.6 Å². The van der Waals surface area contributed by atoms with Gasteiger partial charge in [-0.05, 0) is 12.8 Å². The van der Waals surface area contributed by atoms with Crippen molar-refractivity contribution >= 4 is 17.9 Å². The molecular weight excluding hydrogens is 152 g/mol. The Hall–Kier alpha value is -0.0800. The van der Waals surface area contributed by atoms with Gasteiger partial charge in [0.25, 0.3) is 0 Å². The Bertz CT molecular complexity index is 102. The number of rotatable bonds is 5. The lowest BCUT2D eigenvalue weighted by atomic mass is 10.1. The van der Waals surface area contributed by atoms with Crippen molar-refractivity contribution in [3.05, 3.63) is 0 Å². The molecule has 0 bridgehead atoms. The van der Waals surface area contributed by atoms with E-state index in [0.717, 1.165) is 19.3 Å². The summed E-state index contributed by atoms with van der Waals surface area (Å²) in [4.78, 5) is 10.0. The monoisotopic (exact) mass is 164 g/mol. The van der Waals surface area contributed by atoms with Crippen molar-refractivity contribution in [2.75, 3.05) is 0 Å². The lowest BCUT2D eigenvalue weighted by molar-refractivity contribution is -0.117. The summed E-state index contributed by atoms with van der Waals surface area (Å²) in [5, 5.41) is 7.33. The normalized spacial score (nSPS) is 16.3. The van der Waals surface area contributed by atoms with Crippen LogP contribution in [-0.4, -0.2) is 16.5 Å². The summed E-state index contributed by atoms with van der Waals surface area (Å²) in [6.45, 7) is 2.05.